The van der Waals surface area contributed by atoms with Crippen molar-refractivity contribution >= 4 is 0 Å². The van der Waals surface area contributed by atoms with Crippen LogP contribution < -0.4 is 10.3 Å². The zero-order valence-corrected chi connectivity index (χ0v) is 14.5. The Morgan fingerprint density at radius 3 is 2.54 bits per heavy atom. The van der Waals surface area contributed by atoms with Gasteiger partial charge in [0.1, 0.15) is 12.4 Å². The van der Waals surface area contributed by atoms with E-state index in [1.165, 1.54) is 5.56 Å². The van der Waals surface area contributed by atoms with Crippen molar-refractivity contribution in [3.05, 3.63) is 64.6 Å². The van der Waals surface area contributed by atoms with Crippen LogP contribution in [0, 0.1) is 0 Å². The van der Waals surface area contributed by atoms with Crippen molar-refractivity contribution in [1.82, 2.24) is 9.47 Å². The Morgan fingerprint density at radius 1 is 1.17 bits per heavy atom. The summed E-state index contributed by atoms with van der Waals surface area (Å²) in [4.78, 5) is 14.3. The van der Waals surface area contributed by atoms with Crippen molar-refractivity contribution in [1.29, 1.82) is 0 Å². The highest BCUT2D eigenvalue weighted by molar-refractivity contribution is 5.21. The number of piperidine rings is 1. The van der Waals surface area contributed by atoms with Gasteiger partial charge in [-0.1, -0.05) is 18.2 Å². The fourth-order valence-corrected chi connectivity index (χ4v) is 3.33. The number of aryl methyl sites for hydroxylation is 1. The van der Waals surface area contributed by atoms with Gasteiger partial charge in [-0.15, -0.1) is 0 Å². The Morgan fingerprint density at radius 2 is 1.88 bits per heavy atom. The van der Waals surface area contributed by atoms with Gasteiger partial charge in [-0.3, -0.25) is 9.69 Å². The molecule has 0 N–H and O–H groups in total. The van der Waals surface area contributed by atoms with Gasteiger partial charge in [-0.2, -0.15) is 0 Å². The van der Waals surface area contributed by atoms with E-state index in [-0.39, 0.29) is 5.56 Å². The average molecular weight is 326 g/mol. The number of para-hydroxylation sites is 1. The highest BCUT2D eigenvalue weighted by atomic mass is 16.5. The molecule has 1 fully saturated rings. The normalized spacial score (nSPS) is 17.6. The zero-order chi connectivity index (χ0) is 16.9. The van der Waals surface area contributed by atoms with Gasteiger partial charge in [-0.05, 0) is 62.5 Å². The lowest BCUT2D eigenvalue weighted by Crippen LogP contribution is -2.42. The van der Waals surface area contributed by atoms with E-state index >= 15 is 0 Å². The molecule has 4 heteroatoms. The van der Waals surface area contributed by atoms with Crippen LogP contribution in [-0.2, 0) is 7.05 Å². The SMILES string of the molecule is CC(COc1ccccc1)N1CCC(c2ccn(C)c(=O)c2)CC1. The highest BCUT2D eigenvalue weighted by Crippen LogP contribution is 2.28. The molecule has 1 atom stereocenters. The zero-order valence-electron chi connectivity index (χ0n) is 14.5. The third kappa shape index (κ3) is 4.06. The van der Waals surface area contributed by atoms with Gasteiger partial charge in [-0.25, -0.2) is 0 Å². The summed E-state index contributed by atoms with van der Waals surface area (Å²) < 4.78 is 7.50. The van der Waals surface area contributed by atoms with Crippen molar-refractivity contribution in [3.63, 3.8) is 0 Å². The van der Waals surface area contributed by atoms with Crippen LogP contribution in [0.25, 0.3) is 0 Å². The Balaban J connectivity index is 1.50. The lowest BCUT2D eigenvalue weighted by molar-refractivity contribution is 0.117. The third-order valence-corrected chi connectivity index (χ3v) is 4.99. The molecule has 24 heavy (non-hydrogen) atoms. The van der Waals surface area contributed by atoms with Crippen molar-refractivity contribution in [2.24, 2.45) is 7.05 Å². The summed E-state index contributed by atoms with van der Waals surface area (Å²) in [6.07, 6.45) is 4.08. The molecule has 1 aromatic carbocycles. The number of ether oxygens (including phenoxy) is 1. The van der Waals surface area contributed by atoms with Crippen LogP contribution in [0.15, 0.2) is 53.5 Å². The van der Waals surface area contributed by atoms with Gasteiger partial charge < -0.3 is 9.30 Å². The summed E-state index contributed by atoms with van der Waals surface area (Å²) in [5.74, 6) is 1.43. The summed E-state index contributed by atoms with van der Waals surface area (Å²) >= 11 is 0. The first-order chi connectivity index (χ1) is 11.6. The molecule has 0 aliphatic carbocycles. The van der Waals surface area contributed by atoms with E-state index in [0.29, 0.717) is 18.6 Å². The van der Waals surface area contributed by atoms with Crippen LogP contribution in [-0.4, -0.2) is 35.2 Å². The lowest BCUT2D eigenvalue weighted by atomic mass is 9.89. The average Bonchev–Trinajstić information content (AvgIpc) is 2.63. The maximum atomic E-state index is 11.8. The second kappa shape index (κ2) is 7.67. The predicted molar refractivity (Wildman–Crippen MR) is 96.6 cm³/mol. The number of rotatable bonds is 5. The number of pyridine rings is 1. The number of hydrogen-bond donors (Lipinski definition) is 0. The lowest BCUT2D eigenvalue weighted by Gasteiger charge is -2.36. The Kier molecular flexibility index (Phi) is 5.36. The maximum Gasteiger partial charge on any atom is 0.250 e. The van der Waals surface area contributed by atoms with Gasteiger partial charge in [0.2, 0.25) is 0 Å². The van der Waals surface area contributed by atoms with Crippen LogP contribution in [0.4, 0.5) is 0 Å². The first kappa shape index (κ1) is 16.8. The number of nitrogens with zero attached hydrogens (tertiary/aromatic N) is 2. The number of aromatic nitrogens is 1. The fraction of sp³-hybridized carbons (Fsp3) is 0.450. The first-order valence-corrected chi connectivity index (χ1v) is 8.72. The molecule has 0 saturated carbocycles. The molecular formula is C20H26N2O2. The third-order valence-electron chi connectivity index (χ3n) is 4.99. The molecule has 1 aliphatic rings. The maximum absolute atomic E-state index is 11.8. The van der Waals surface area contributed by atoms with Crippen molar-refractivity contribution < 1.29 is 4.74 Å². The molecule has 1 aromatic heterocycles. The molecule has 0 spiro atoms. The van der Waals surface area contributed by atoms with Crippen LogP contribution >= 0.6 is 0 Å². The quantitative estimate of drug-likeness (QED) is 0.847. The molecular weight excluding hydrogens is 300 g/mol. The first-order valence-electron chi connectivity index (χ1n) is 8.72. The van der Waals surface area contributed by atoms with E-state index in [9.17, 15) is 4.79 Å². The summed E-state index contributed by atoms with van der Waals surface area (Å²) in [5, 5.41) is 0. The molecule has 4 nitrogen and oxygen atoms in total. The molecule has 3 rings (SSSR count). The number of hydrogen-bond acceptors (Lipinski definition) is 3. The van der Waals surface area contributed by atoms with Gasteiger partial charge in [0.05, 0.1) is 0 Å². The van der Waals surface area contributed by atoms with Crippen LogP contribution in [0.3, 0.4) is 0 Å². The molecule has 1 aliphatic heterocycles. The molecule has 0 radical (unpaired) electrons. The van der Waals surface area contributed by atoms with Crippen molar-refractivity contribution in [2.75, 3.05) is 19.7 Å². The smallest absolute Gasteiger partial charge is 0.250 e. The second-order valence-corrected chi connectivity index (χ2v) is 6.69. The summed E-state index contributed by atoms with van der Waals surface area (Å²) in [5.41, 5.74) is 1.27. The monoisotopic (exact) mass is 326 g/mol. The standard InChI is InChI=1S/C20H26N2O2/c1-16(15-24-19-6-4-3-5-7-19)22-12-9-17(10-13-22)18-8-11-21(2)20(23)14-18/h3-8,11,14,16-17H,9-10,12-13,15H2,1-2H3. The largest absolute Gasteiger partial charge is 0.492 e. The van der Waals surface area contributed by atoms with Gasteiger partial charge in [0.15, 0.2) is 0 Å². The van der Waals surface area contributed by atoms with Crippen LogP contribution in [0.2, 0.25) is 0 Å². The minimum atomic E-state index is 0.0829. The minimum absolute atomic E-state index is 0.0829. The predicted octanol–water partition coefficient (Wildman–Crippen LogP) is 3.03. The highest BCUT2D eigenvalue weighted by Gasteiger charge is 2.24. The number of benzene rings is 1. The molecule has 2 heterocycles. The van der Waals surface area contributed by atoms with Crippen molar-refractivity contribution in [2.45, 2.75) is 31.7 Å². The summed E-state index contributed by atoms with van der Waals surface area (Å²) in [7, 11) is 1.79. The van der Waals surface area contributed by atoms with E-state index < -0.39 is 0 Å². The Labute approximate surface area is 143 Å². The van der Waals surface area contributed by atoms with E-state index in [4.69, 9.17) is 4.74 Å². The Bertz CT molecular complexity index is 703. The molecule has 1 unspecified atom stereocenters. The Hall–Kier alpha value is -2.07. The fourth-order valence-electron chi connectivity index (χ4n) is 3.33. The van der Waals surface area contributed by atoms with Gasteiger partial charge in [0, 0.05) is 25.4 Å². The molecule has 128 valence electrons. The molecule has 1 saturated heterocycles. The summed E-state index contributed by atoms with van der Waals surface area (Å²) in [6.45, 7) is 5.04. The molecule has 0 amide bonds. The van der Waals surface area contributed by atoms with E-state index in [2.05, 4.69) is 17.9 Å². The second-order valence-electron chi connectivity index (χ2n) is 6.69. The minimum Gasteiger partial charge on any atom is -0.492 e. The van der Waals surface area contributed by atoms with Gasteiger partial charge >= 0.3 is 0 Å². The van der Waals surface area contributed by atoms with Crippen LogP contribution in [0.1, 0.15) is 31.2 Å². The van der Waals surface area contributed by atoms with Crippen molar-refractivity contribution in [3.8, 4) is 5.75 Å². The topological polar surface area (TPSA) is 34.5 Å². The van der Waals surface area contributed by atoms with Crippen LogP contribution in [0.5, 0.6) is 5.75 Å². The van der Waals surface area contributed by atoms with E-state index in [1.54, 1.807) is 17.7 Å². The summed E-state index contributed by atoms with van der Waals surface area (Å²) in [6, 6.07) is 14.3. The van der Waals surface area contributed by atoms with Gasteiger partial charge in [0.25, 0.3) is 5.56 Å². The van der Waals surface area contributed by atoms with E-state index in [1.807, 2.05) is 36.5 Å². The molecule has 2 aromatic rings. The van der Waals surface area contributed by atoms with E-state index in [0.717, 1.165) is 31.7 Å². The molecule has 0 bridgehead atoms. The number of likely N-dealkylation sites (tertiary alicyclic amines) is 1.